The van der Waals surface area contributed by atoms with Gasteiger partial charge in [0.05, 0.1) is 17.0 Å². The molecular weight excluding hydrogens is 269 g/mol. The largest absolute Gasteiger partial charge is 0.506 e. The summed E-state index contributed by atoms with van der Waals surface area (Å²) in [5, 5.41) is 9.22. The van der Waals surface area contributed by atoms with Crippen molar-refractivity contribution in [2.24, 2.45) is 0 Å². The minimum atomic E-state index is -2.23. The fourth-order valence-corrected chi connectivity index (χ4v) is 1.52. The van der Waals surface area contributed by atoms with Gasteiger partial charge in [0.2, 0.25) is 5.82 Å². The van der Waals surface area contributed by atoms with Gasteiger partial charge in [-0.1, -0.05) is 0 Å². The Kier molecular flexibility index (Phi) is 3.13. The predicted octanol–water partition coefficient (Wildman–Crippen LogP) is 3.46. The first-order valence-electron chi connectivity index (χ1n) is 5.03. The van der Waals surface area contributed by atoms with Crippen LogP contribution in [0, 0.1) is 36.0 Å². The zero-order chi connectivity index (χ0) is 14.3. The molecular formula is C12H6F5NO. The van der Waals surface area contributed by atoms with Crippen LogP contribution in [0.1, 0.15) is 5.69 Å². The Bertz CT molecular complexity index is 643. The third-order valence-corrected chi connectivity index (χ3v) is 2.52. The summed E-state index contributed by atoms with van der Waals surface area (Å²) >= 11 is 0. The summed E-state index contributed by atoms with van der Waals surface area (Å²) < 4.78 is 65.9. The molecule has 1 aromatic heterocycles. The van der Waals surface area contributed by atoms with Crippen LogP contribution in [0.15, 0.2) is 12.1 Å². The molecule has 100 valence electrons. The normalized spacial score (nSPS) is 10.8. The van der Waals surface area contributed by atoms with Crippen molar-refractivity contribution < 1.29 is 27.1 Å². The average Bonchev–Trinajstić information content (AvgIpc) is 2.38. The quantitative estimate of drug-likeness (QED) is 0.491. The maximum absolute atomic E-state index is 13.5. The lowest BCUT2D eigenvalue weighted by atomic mass is 10.1. The Morgan fingerprint density at radius 3 is 1.79 bits per heavy atom. The number of hydrogen-bond acceptors (Lipinski definition) is 2. The number of aryl methyl sites for hydroxylation is 1. The number of aromatic nitrogens is 1. The van der Waals surface area contributed by atoms with Crippen LogP contribution in [-0.2, 0) is 0 Å². The number of hydrogen-bond donors (Lipinski definition) is 1. The van der Waals surface area contributed by atoms with E-state index in [-0.39, 0.29) is 11.4 Å². The Balaban J connectivity index is 2.79. The monoisotopic (exact) mass is 275 g/mol. The molecule has 2 rings (SSSR count). The summed E-state index contributed by atoms with van der Waals surface area (Å²) in [7, 11) is 0. The van der Waals surface area contributed by atoms with Crippen molar-refractivity contribution in [3.63, 3.8) is 0 Å². The first-order valence-corrected chi connectivity index (χ1v) is 5.03. The van der Waals surface area contributed by atoms with Crippen LogP contribution in [0.2, 0.25) is 0 Å². The van der Waals surface area contributed by atoms with Crippen LogP contribution < -0.4 is 0 Å². The molecule has 0 saturated heterocycles. The van der Waals surface area contributed by atoms with Gasteiger partial charge in [0.15, 0.2) is 23.3 Å². The van der Waals surface area contributed by atoms with Gasteiger partial charge in [0, 0.05) is 0 Å². The molecule has 19 heavy (non-hydrogen) atoms. The van der Waals surface area contributed by atoms with E-state index in [2.05, 4.69) is 4.98 Å². The van der Waals surface area contributed by atoms with Gasteiger partial charge < -0.3 is 5.11 Å². The average molecular weight is 275 g/mol. The Labute approximate surface area is 104 Å². The number of pyridine rings is 1. The van der Waals surface area contributed by atoms with Crippen molar-refractivity contribution in [2.45, 2.75) is 6.92 Å². The molecule has 0 saturated carbocycles. The van der Waals surface area contributed by atoms with E-state index in [1.807, 2.05) is 0 Å². The molecule has 1 heterocycles. The summed E-state index contributed by atoms with van der Waals surface area (Å²) in [4.78, 5) is 3.59. The highest BCUT2D eigenvalue weighted by Gasteiger charge is 2.27. The van der Waals surface area contributed by atoms with Crippen molar-refractivity contribution >= 4 is 0 Å². The summed E-state index contributed by atoms with van der Waals surface area (Å²) in [5.74, 6) is -10.5. The summed E-state index contributed by atoms with van der Waals surface area (Å²) in [6, 6.07) is 2.01. The minimum absolute atomic E-state index is 0.00133. The van der Waals surface area contributed by atoms with Crippen LogP contribution in [0.4, 0.5) is 22.0 Å². The number of nitrogens with zero attached hydrogens (tertiary/aromatic N) is 1. The summed E-state index contributed by atoms with van der Waals surface area (Å²) in [6.45, 7) is 1.32. The highest BCUT2D eigenvalue weighted by Crippen LogP contribution is 2.31. The second-order valence-electron chi connectivity index (χ2n) is 3.75. The van der Waals surface area contributed by atoms with E-state index < -0.39 is 40.3 Å². The van der Waals surface area contributed by atoms with Crippen molar-refractivity contribution in [1.82, 2.24) is 4.98 Å². The Hall–Kier alpha value is -2.18. The van der Waals surface area contributed by atoms with Crippen LogP contribution >= 0.6 is 0 Å². The van der Waals surface area contributed by atoms with Crippen molar-refractivity contribution in [2.75, 3.05) is 0 Å². The fourth-order valence-electron chi connectivity index (χ4n) is 1.52. The molecule has 0 atom stereocenters. The molecule has 0 radical (unpaired) electrons. The van der Waals surface area contributed by atoms with Gasteiger partial charge in [-0.25, -0.2) is 26.9 Å². The summed E-state index contributed by atoms with van der Waals surface area (Å²) in [6.07, 6.45) is 0. The van der Waals surface area contributed by atoms with Crippen molar-refractivity contribution in [3.8, 4) is 17.0 Å². The van der Waals surface area contributed by atoms with Crippen LogP contribution in [0.3, 0.4) is 0 Å². The molecule has 0 aliphatic rings. The second kappa shape index (κ2) is 4.49. The van der Waals surface area contributed by atoms with E-state index in [0.29, 0.717) is 0 Å². The minimum Gasteiger partial charge on any atom is -0.506 e. The highest BCUT2D eigenvalue weighted by molar-refractivity contribution is 5.62. The van der Waals surface area contributed by atoms with Crippen LogP contribution in [-0.4, -0.2) is 10.1 Å². The molecule has 7 heteroatoms. The SMILES string of the molecule is Cc1nc(-c2c(F)c(F)c(F)c(F)c2F)ccc1O. The number of halogens is 5. The lowest BCUT2D eigenvalue weighted by Crippen LogP contribution is -2.05. The molecule has 0 bridgehead atoms. The van der Waals surface area contributed by atoms with Gasteiger partial charge in [0.1, 0.15) is 5.75 Å². The first kappa shape index (κ1) is 13.3. The predicted molar refractivity (Wildman–Crippen MR) is 55.9 cm³/mol. The number of benzene rings is 1. The van der Waals surface area contributed by atoms with Gasteiger partial charge in [-0.3, -0.25) is 0 Å². The lowest BCUT2D eigenvalue weighted by molar-refractivity contribution is 0.381. The van der Waals surface area contributed by atoms with Gasteiger partial charge in [-0.2, -0.15) is 0 Å². The standard InChI is InChI=1S/C12H6F5NO/c1-4-6(19)3-2-5(18-4)7-8(13)10(15)12(17)11(16)9(7)14/h2-3,19H,1H3. The molecule has 0 spiro atoms. The number of aromatic hydroxyl groups is 1. The van der Waals surface area contributed by atoms with E-state index >= 15 is 0 Å². The molecule has 2 nitrogen and oxygen atoms in total. The van der Waals surface area contributed by atoms with E-state index in [1.165, 1.54) is 6.92 Å². The zero-order valence-electron chi connectivity index (χ0n) is 9.44. The Morgan fingerprint density at radius 2 is 1.32 bits per heavy atom. The van der Waals surface area contributed by atoms with Gasteiger partial charge >= 0.3 is 0 Å². The number of rotatable bonds is 1. The molecule has 0 aliphatic carbocycles. The molecule has 1 N–H and O–H groups in total. The summed E-state index contributed by atoms with van der Waals surface area (Å²) in [5.41, 5.74) is -1.58. The van der Waals surface area contributed by atoms with Gasteiger partial charge in [-0.05, 0) is 19.1 Å². The van der Waals surface area contributed by atoms with E-state index in [1.54, 1.807) is 0 Å². The Morgan fingerprint density at radius 1 is 0.842 bits per heavy atom. The molecule has 1 aromatic carbocycles. The topological polar surface area (TPSA) is 33.1 Å². The van der Waals surface area contributed by atoms with E-state index in [4.69, 9.17) is 0 Å². The van der Waals surface area contributed by atoms with Crippen molar-refractivity contribution in [3.05, 3.63) is 46.9 Å². The molecule has 0 unspecified atom stereocenters. The maximum atomic E-state index is 13.5. The van der Waals surface area contributed by atoms with E-state index in [9.17, 15) is 27.1 Å². The lowest BCUT2D eigenvalue weighted by Gasteiger charge is -2.08. The van der Waals surface area contributed by atoms with E-state index in [0.717, 1.165) is 12.1 Å². The first-order chi connectivity index (χ1) is 8.84. The molecule has 0 amide bonds. The third kappa shape index (κ3) is 2.00. The molecule has 2 aromatic rings. The van der Waals surface area contributed by atoms with Gasteiger partial charge in [-0.15, -0.1) is 0 Å². The third-order valence-electron chi connectivity index (χ3n) is 2.52. The second-order valence-corrected chi connectivity index (χ2v) is 3.75. The van der Waals surface area contributed by atoms with Gasteiger partial charge in [0.25, 0.3) is 0 Å². The van der Waals surface area contributed by atoms with Crippen LogP contribution in [0.5, 0.6) is 5.75 Å². The molecule has 0 aliphatic heterocycles. The maximum Gasteiger partial charge on any atom is 0.200 e. The molecule has 0 fully saturated rings. The fraction of sp³-hybridized carbons (Fsp3) is 0.0833. The highest BCUT2D eigenvalue weighted by atomic mass is 19.2. The van der Waals surface area contributed by atoms with Crippen LogP contribution in [0.25, 0.3) is 11.3 Å². The smallest absolute Gasteiger partial charge is 0.200 e. The zero-order valence-corrected chi connectivity index (χ0v) is 9.44. The van der Waals surface area contributed by atoms with Crippen molar-refractivity contribution in [1.29, 1.82) is 0 Å².